The molecule has 1 aliphatic heterocycles. The molecule has 2 atom stereocenters. The van der Waals surface area contributed by atoms with Crippen molar-refractivity contribution in [2.24, 2.45) is 5.16 Å². The van der Waals surface area contributed by atoms with Crippen LogP contribution < -0.4 is 4.90 Å². The summed E-state index contributed by atoms with van der Waals surface area (Å²) in [6.07, 6.45) is 2.21. The van der Waals surface area contributed by atoms with Crippen LogP contribution in [-0.2, 0) is 11.4 Å². The molecule has 45 heavy (non-hydrogen) atoms. The molecule has 0 saturated carbocycles. The molecule has 5 rings (SSSR count). The summed E-state index contributed by atoms with van der Waals surface area (Å²) < 4.78 is 0. The topological polar surface area (TPSA) is 60.2 Å². The van der Waals surface area contributed by atoms with Crippen LogP contribution in [0.2, 0.25) is 0 Å². The normalized spacial score (nSPS) is 14.4. The van der Waals surface area contributed by atoms with Crippen LogP contribution in [0, 0.1) is 11.6 Å². The van der Waals surface area contributed by atoms with Gasteiger partial charge in [-0.25, -0.2) is 0 Å². The Morgan fingerprint density at radius 1 is 0.867 bits per heavy atom. The summed E-state index contributed by atoms with van der Waals surface area (Å²) in [6.45, 7) is 9.45. The molecule has 1 N–H and O–H groups in total. The Hall–Kier alpha value is -3.97. The van der Waals surface area contributed by atoms with Gasteiger partial charge in [-0.15, -0.1) is 11.8 Å². The fourth-order valence-corrected chi connectivity index (χ4v) is 6.44. The van der Waals surface area contributed by atoms with Crippen molar-refractivity contribution >= 4 is 40.4 Å². The van der Waals surface area contributed by atoms with Gasteiger partial charge in [-0.05, 0) is 55.0 Å². The number of nitrogens with zero attached hydrogens (tertiary/aromatic N) is 1. The number of nitrogens with one attached hydrogen (secondary N) is 1. The number of rotatable bonds is 15. The SMILES string of the molecule is C=C(CCC(C)[ClH+])SCCC(=NOCc1ccccc1)C(=O)c1ccc2c(c1)-c1cc(C(=O)c3ccccc3)ccc1[NH+]2CC. The lowest BCUT2D eigenvalue weighted by molar-refractivity contribution is -0.753. The maximum Gasteiger partial charge on any atom is 0.210 e. The van der Waals surface area contributed by atoms with Gasteiger partial charge < -0.3 is 4.84 Å². The van der Waals surface area contributed by atoms with E-state index in [1.165, 1.54) is 4.90 Å². The molecule has 4 aromatic rings. The van der Waals surface area contributed by atoms with Crippen LogP contribution in [0.3, 0.4) is 0 Å². The Bertz CT molecular complexity index is 1700. The molecule has 0 saturated heterocycles. The lowest BCUT2D eigenvalue weighted by Crippen LogP contribution is -3.00. The Morgan fingerprint density at radius 2 is 1.49 bits per heavy atom. The average Bonchev–Trinajstić information content (AvgIpc) is 3.39. The van der Waals surface area contributed by atoms with Crippen molar-refractivity contribution in [3.8, 4) is 11.1 Å². The number of Topliss-reactive ketones (excluding diaryl/α,β-unsaturated/α-hetero) is 1. The van der Waals surface area contributed by atoms with E-state index >= 15 is 0 Å². The third kappa shape index (κ3) is 8.01. The molecule has 1 aliphatic rings. The van der Waals surface area contributed by atoms with Crippen LogP contribution in [0.5, 0.6) is 0 Å². The minimum atomic E-state index is -0.167. The molecule has 230 valence electrons. The molecule has 0 amide bonds. The summed E-state index contributed by atoms with van der Waals surface area (Å²) in [5.41, 5.74) is 7.29. The van der Waals surface area contributed by atoms with E-state index in [1.54, 1.807) is 11.8 Å². The van der Waals surface area contributed by atoms with Crippen molar-refractivity contribution in [3.63, 3.8) is 0 Å². The highest BCUT2D eigenvalue weighted by atomic mass is 35.5. The number of carbonyl (C=O) groups is 2. The number of ketones is 2. The molecule has 2 unspecified atom stereocenters. The minimum absolute atomic E-state index is 0.0247. The maximum absolute atomic E-state index is 14.0. The third-order valence-electron chi connectivity index (χ3n) is 7.88. The second-order valence-electron chi connectivity index (χ2n) is 11.2. The summed E-state index contributed by atoms with van der Waals surface area (Å²) in [7, 11) is 0. The average molecular weight is 639 g/mol. The fraction of sp³-hybridized carbons (Fsp3) is 0.237. The number of benzene rings is 4. The van der Waals surface area contributed by atoms with Crippen LogP contribution in [0.1, 0.15) is 65.0 Å². The first-order valence-corrected chi connectivity index (χ1v) is 16.8. The van der Waals surface area contributed by atoms with E-state index in [4.69, 9.17) is 16.4 Å². The van der Waals surface area contributed by atoms with Gasteiger partial charge in [0.15, 0.2) is 11.2 Å². The molecular formula is C38H39ClN2O3S+2. The lowest BCUT2D eigenvalue weighted by atomic mass is 9.96. The van der Waals surface area contributed by atoms with Gasteiger partial charge in [0, 0.05) is 58.5 Å². The van der Waals surface area contributed by atoms with E-state index in [2.05, 4.69) is 18.7 Å². The summed E-state index contributed by atoms with van der Waals surface area (Å²) in [6, 6.07) is 30.8. The number of allylic oxidation sites excluding steroid dienone is 1. The number of thioether (sulfide) groups is 1. The number of alkyl halides is 1. The minimum Gasteiger partial charge on any atom is -0.391 e. The number of oxime groups is 1. The standard InChI is InChI=1S/C38H38ClN2O3S/c1-4-41-35-19-17-30(37(42)29-13-9-6-10-14-29)23-32(35)33-24-31(18-20-36(33)41)38(43)34(21-22-45-27(3)16-15-26(2)39)40-44-25-28-11-7-5-8-12-28/h5-14,17-20,23-24,26,39H,3-4,15-16,21-22,25H2,1-2H3/q+1/p+1. The second-order valence-corrected chi connectivity index (χ2v) is 13.2. The van der Waals surface area contributed by atoms with Gasteiger partial charge in [0.1, 0.15) is 35.3 Å². The molecule has 7 heteroatoms. The summed E-state index contributed by atoms with van der Waals surface area (Å²) in [4.78, 5) is 35.3. The van der Waals surface area contributed by atoms with E-state index in [1.807, 2.05) is 104 Å². The van der Waals surface area contributed by atoms with E-state index in [0.29, 0.717) is 34.6 Å². The van der Waals surface area contributed by atoms with Gasteiger partial charge in [-0.2, -0.15) is 0 Å². The van der Waals surface area contributed by atoms with Gasteiger partial charge in [0.05, 0.1) is 6.54 Å². The Labute approximate surface area is 274 Å². The highest BCUT2D eigenvalue weighted by molar-refractivity contribution is 8.03. The zero-order valence-electron chi connectivity index (χ0n) is 25.8. The number of quaternary nitrogens is 1. The quantitative estimate of drug-likeness (QED) is 0.0630. The van der Waals surface area contributed by atoms with Gasteiger partial charge in [-0.3, -0.25) is 14.5 Å². The monoisotopic (exact) mass is 638 g/mol. The fourth-order valence-electron chi connectivity index (χ4n) is 5.48. The van der Waals surface area contributed by atoms with Crippen molar-refractivity contribution in [2.75, 3.05) is 12.3 Å². The molecule has 0 spiro atoms. The van der Waals surface area contributed by atoms with Gasteiger partial charge in [0.25, 0.3) is 0 Å². The zero-order chi connectivity index (χ0) is 31.8. The van der Waals surface area contributed by atoms with Gasteiger partial charge >= 0.3 is 0 Å². The summed E-state index contributed by atoms with van der Waals surface area (Å²) in [5.74, 6) is 0.471. The Kier molecular flexibility index (Phi) is 11.1. The Morgan fingerprint density at radius 3 is 2.13 bits per heavy atom. The molecular weight excluding hydrogens is 600 g/mol. The van der Waals surface area contributed by atoms with Crippen LogP contribution in [0.15, 0.2) is 114 Å². The molecule has 4 aromatic carbocycles. The number of hydrogen-bond acceptors (Lipinski definition) is 5. The van der Waals surface area contributed by atoms with E-state index < -0.39 is 0 Å². The summed E-state index contributed by atoms with van der Waals surface area (Å²) >= 11 is 6.94. The van der Waals surface area contributed by atoms with Gasteiger partial charge in [0.2, 0.25) is 5.78 Å². The predicted molar refractivity (Wildman–Crippen MR) is 182 cm³/mol. The van der Waals surface area contributed by atoms with E-state index in [9.17, 15) is 9.59 Å². The third-order valence-corrected chi connectivity index (χ3v) is 9.14. The van der Waals surface area contributed by atoms with E-state index in [0.717, 1.165) is 52.4 Å². The second kappa shape index (κ2) is 15.3. The first kappa shape index (κ1) is 32.4. The number of halogens is 1. The number of hydrogen-bond donors (Lipinski definition) is 1. The predicted octanol–water partition coefficient (Wildman–Crippen LogP) is 7.61. The molecule has 0 bridgehead atoms. The molecule has 1 heterocycles. The van der Waals surface area contributed by atoms with E-state index in [-0.39, 0.29) is 23.6 Å². The number of carbonyl (C=O) groups excluding carboxylic acids is 2. The van der Waals surface area contributed by atoms with Crippen molar-refractivity contribution in [1.82, 2.24) is 0 Å². The molecule has 0 aromatic heterocycles. The first-order valence-electron chi connectivity index (χ1n) is 15.3. The van der Waals surface area contributed by atoms with Crippen molar-refractivity contribution < 1.29 is 30.9 Å². The highest BCUT2D eigenvalue weighted by Crippen LogP contribution is 2.39. The lowest BCUT2D eigenvalue weighted by Gasteiger charge is -2.12. The molecule has 5 nitrogen and oxygen atoms in total. The zero-order valence-corrected chi connectivity index (χ0v) is 27.4. The molecule has 0 fully saturated rings. The van der Waals surface area contributed by atoms with Crippen LogP contribution >= 0.6 is 11.8 Å². The van der Waals surface area contributed by atoms with Crippen LogP contribution in [0.25, 0.3) is 11.1 Å². The molecule has 0 radical (unpaired) electrons. The maximum atomic E-state index is 14.0. The highest BCUT2D eigenvalue weighted by Gasteiger charge is 2.32. The number of fused-ring (bicyclic) bond motifs is 3. The van der Waals surface area contributed by atoms with Crippen molar-refractivity contribution in [1.29, 1.82) is 0 Å². The summed E-state index contributed by atoms with van der Waals surface area (Å²) in [5, 5.41) is 4.57. The van der Waals surface area contributed by atoms with Crippen LogP contribution in [0.4, 0.5) is 11.4 Å². The smallest absolute Gasteiger partial charge is 0.210 e. The largest absolute Gasteiger partial charge is 0.391 e. The van der Waals surface area contributed by atoms with Crippen molar-refractivity contribution in [2.45, 2.75) is 45.1 Å². The molecule has 0 aliphatic carbocycles. The first-order chi connectivity index (χ1) is 21.9. The van der Waals surface area contributed by atoms with Gasteiger partial charge in [-0.1, -0.05) is 72.4 Å². The Balaban J connectivity index is 1.41. The van der Waals surface area contributed by atoms with Crippen LogP contribution in [-0.4, -0.2) is 35.0 Å². The van der Waals surface area contributed by atoms with Crippen molar-refractivity contribution in [3.05, 3.63) is 131 Å².